The van der Waals surface area contributed by atoms with Gasteiger partial charge in [0, 0.05) is 25.7 Å². The monoisotopic (exact) mass is 603 g/mol. The Kier molecular flexibility index (Phi) is 11.9. The first-order valence-corrected chi connectivity index (χ1v) is 14.6. The van der Waals surface area contributed by atoms with Crippen LogP contribution in [0.1, 0.15) is 65.2 Å². The minimum absolute atomic E-state index is 0.0716. The summed E-state index contributed by atoms with van der Waals surface area (Å²) in [5.41, 5.74) is 0.137. The topological polar surface area (TPSA) is 149 Å². The van der Waals surface area contributed by atoms with Crippen LogP contribution >= 0.6 is 0 Å². The molecule has 1 aliphatic heterocycles. The summed E-state index contributed by atoms with van der Waals surface area (Å²) in [7, 11) is 5.38. The fourth-order valence-electron chi connectivity index (χ4n) is 4.93. The SMILES string of the molecule is CC(C)C[C@H](C(=O)N[C@H](C(=O)c1ccc(OCCN(C)C)cc1)C(C)(C)C)C(CN1C(=O)N(C)C(C)(C)C1=O)C(=O)NO. The molecule has 0 saturated carbocycles. The number of benzene rings is 1. The number of urea groups is 1. The molecule has 0 bridgehead atoms. The molecule has 3 N–H and O–H groups in total. The van der Waals surface area contributed by atoms with E-state index < -0.39 is 59.1 Å². The van der Waals surface area contributed by atoms with Gasteiger partial charge in [-0.3, -0.25) is 29.3 Å². The summed E-state index contributed by atoms with van der Waals surface area (Å²) in [5.74, 6) is -4.12. The van der Waals surface area contributed by atoms with E-state index in [0.29, 0.717) is 17.9 Å². The van der Waals surface area contributed by atoms with Gasteiger partial charge in [0.25, 0.3) is 5.91 Å². The van der Waals surface area contributed by atoms with Crippen molar-refractivity contribution < 1.29 is 33.9 Å². The van der Waals surface area contributed by atoms with Crippen LogP contribution in [0.25, 0.3) is 0 Å². The highest BCUT2D eigenvalue weighted by molar-refractivity contribution is 6.07. The van der Waals surface area contributed by atoms with Crippen molar-refractivity contribution in [3.63, 3.8) is 0 Å². The van der Waals surface area contributed by atoms with E-state index in [4.69, 9.17) is 4.74 Å². The maximum absolute atomic E-state index is 13.9. The number of hydrogen-bond acceptors (Lipinski definition) is 8. The van der Waals surface area contributed by atoms with E-state index in [0.717, 1.165) is 11.4 Å². The number of nitrogens with zero attached hydrogens (tertiary/aromatic N) is 3. The van der Waals surface area contributed by atoms with E-state index in [2.05, 4.69) is 5.32 Å². The second-order valence-electron chi connectivity index (χ2n) is 13.5. The van der Waals surface area contributed by atoms with Gasteiger partial charge in [0.15, 0.2) is 5.78 Å². The third-order valence-corrected chi connectivity index (χ3v) is 7.86. The summed E-state index contributed by atoms with van der Waals surface area (Å²) in [6.07, 6.45) is 0.198. The number of rotatable bonds is 14. The van der Waals surface area contributed by atoms with E-state index in [1.807, 2.05) is 53.6 Å². The number of imide groups is 1. The summed E-state index contributed by atoms with van der Waals surface area (Å²) in [6, 6.07) is 5.13. The van der Waals surface area contributed by atoms with Gasteiger partial charge in [0.2, 0.25) is 11.8 Å². The van der Waals surface area contributed by atoms with Crippen molar-refractivity contribution in [2.45, 2.75) is 66.5 Å². The lowest BCUT2D eigenvalue weighted by atomic mass is 9.79. The van der Waals surface area contributed by atoms with Gasteiger partial charge in [-0.05, 0) is 70.0 Å². The number of nitrogens with one attached hydrogen (secondary N) is 2. The molecule has 1 heterocycles. The molecule has 1 aromatic rings. The van der Waals surface area contributed by atoms with Crippen LogP contribution in [-0.2, 0) is 14.4 Å². The van der Waals surface area contributed by atoms with Gasteiger partial charge in [-0.2, -0.15) is 0 Å². The highest BCUT2D eigenvalue weighted by Gasteiger charge is 2.51. The number of carbonyl (C=O) groups excluding carboxylic acids is 5. The summed E-state index contributed by atoms with van der Waals surface area (Å²) in [6.45, 7) is 13.2. The van der Waals surface area contributed by atoms with Crippen LogP contribution in [0.4, 0.5) is 4.79 Å². The minimum Gasteiger partial charge on any atom is -0.492 e. The fraction of sp³-hybridized carbons (Fsp3) is 0.645. The number of carbonyl (C=O) groups is 5. The molecule has 1 fully saturated rings. The lowest BCUT2D eigenvalue weighted by Crippen LogP contribution is -2.54. The second kappa shape index (κ2) is 14.3. The fourth-order valence-corrected chi connectivity index (χ4v) is 4.93. The van der Waals surface area contributed by atoms with Crippen molar-refractivity contribution in [2.24, 2.45) is 23.2 Å². The van der Waals surface area contributed by atoms with Gasteiger partial charge in [0.05, 0.1) is 17.9 Å². The zero-order valence-electron chi connectivity index (χ0n) is 27.2. The Morgan fingerprint density at radius 2 is 1.60 bits per heavy atom. The highest BCUT2D eigenvalue weighted by atomic mass is 16.5. The van der Waals surface area contributed by atoms with Crippen LogP contribution in [0.2, 0.25) is 0 Å². The second-order valence-corrected chi connectivity index (χ2v) is 13.5. The molecule has 12 heteroatoms. The third kappa shape index (κ3) is 8.76. The Labute approximate surface area is 255 Å². The van der Waals surface area contributed by atoms with Crippen molar-refractivity contribution in [3.8, 4) is 5.75 Å². The molecule has 43 heavy (non-hydrogen) atoms. The van der Waals surface area contributed by atoms with Crippen LogP contribution in [0, 0.1) is 23.2 Å². The molecule has 1 saturated heterocycles. The van der Waals surface area contributed by atoms with Gasteiger partial charge < -0.3 is 19.9 Å². The maximum Gasteiger partial charge on any atom is 0.327 e. The molecule has 1 aromatic carbocycles. The number of likely N-dealkylation sites (N-methyl/N-ethyl adjacent to an activating group) is 2. The Bertz CT molecular complexity index is 1170. The number of amides is 5. The predicted molar refractivity (Wildman–Crippen MR) is 162 cm³/mol. The molecule has 3 atom stereocenters. The highest BCUT2D eigenvalue weighted by Crippen LogP contribution is 2.31. The Morgan fingerprint density at radius 3 is 2.05 bits per heavy atom. The molecule has 5 amide bonds. The van der Waals surface area contributed by atoms with Crippen LogP contribution < -0.4 is 15.5 Å². The standard InChI is InChI=1S/C31H49N5O7/c1-19(2)17-22(23(27(39)33-42)18-36-28(40)31(6,7)35(10)29(36)41)26(38)32-25(30(3,4)5)24(37)20-11-13-21(14-12-20)43-16-15-34(8)9/h11-14,19,22-23,25,42H,15-18H2,1-10H3,(H,32,38)(H,33,39)/t22-,23?,25+/m0/s1. The molecular weight excluding hydrogens is 554 g/mol. The van der Waals surface area contributed by atoms with Gasteiger partial charge in [-0.1, -0.05) is 34.6 Å². The molecule has 12 nitrogen and oxygen atoms in total. The molecule has 0 aliphatic carbocycles. The quantitative estimate of drug-likeness (QED) is 0.127. The van der Waals surface area contributed by atoms with Crippen molar-refractivity contribution in [2.75, 3.05) is 40.8 Å². The molecule has 240 valence electrons. The zero-order chi connectivity index (χ0) is 32.9. The summed E-state index contributed by atoms with van der Waals surface area (Å²) < 4.78 is 5.72. The van der Waals surface area contributed by atoms with Crippen molar-refractivity contribution >= 4 is 29.5 Å². The first-order valence-electron chi connectivity index (χ1n) is 14.6. The van der Waals surface area contributed by atoms with E-state index in [9.17, 15) is 29.2 Å². The van der Waals surface area contributed by atoms with Gasteiger partial charge >= 0.3 is 6.03 Å². The first-order chi connectivity index (χ1) is 19.8. The van der Waals surface area contributed by atoms with Crippen molar-refractivity contribution in [1.82, 2.24) is 25.5 Å². The maximum atomic E-state index is 13.9. The normalized spacial score (nSPS) is 17.2. The van der Waals surface area contributed by atoms with Crippen molar-refractivity contribution in [3.05, 3.63) is 29.8 Å². The lowest BCUT2D eigenvalue weighted by Gasteiger charge is -2.34. The average Bonchev–Trinajstić information content (AvgIpc) is 3.06. The molecule has 0 spiro atoms. The number of ether oxygens (including phenoxy) is 1. The van der Waals surface area contributed by atoms with E-state index in [1.165, 1.54) is 11.9 Å². The van der Waals surface area contributed by atoms with Gasteiger partial charge in [0.1, 0.15) is 17.9 Å². The molecule has 0 radical (unpaired) electrons. The van der Waals surface area contributed by atoms with Gasteiger partial charge in [-0.25, -0.2) is 10.3 Å². The number of Topliss-reactive ketones (excluding diaryl/α,β-unsaturated/α-hetero) is 1. The zero-order valence-corrected chi connectivity index (χ0v) is 27.2. The first kappa shape index (κ1) is 35.7. The Balaban J connectivity index is 2.37. The van der Waals surface area contributed by atoms with Crippen molar-refractivity contribution in [1.29, 1.82) is 0 Å². The molecular formula is C31H49N5O7. The summed E-state index contributed by atoms with van der Waals surface area (Å²) >= 11 is 0. The smallest absolute Gasteiger partial charge is 0.327 e. The predicted octanol–water partition coefficient (Wildman–Crippen LogP) is 2.80. The number of ketones is 1. The largest absolute Gasteiger partial charge is 0.492 e. The number of hydrogen-bond donors (Lipinski definition) is 3. The molecule has 0 aromatic heterocycles. The van der Waals surface area contributed by atoms with Crippen LogP contribution in [-0.4, -0.2) is 102 Å². The minimum atomic E-state index is -1.27. The summed E-state index contributed by atoms with van der Waals surface area (Å²) in [5, 5.41) is 12.5. The van der Waals surface area contributed by atoms with Crippen LogP contribution in [0.15, 0.2) is 24.3 Å². The van der Waals surface area contributed by atoms with Crippen LogP contribution in [0.5, 0.6) is 5.75 Å². The number of hydroxylamine groups is 1. The van der Waals surface area contributed by atoms with E-state index in [-0.39, 0.29) is 18.1 Å². The molecule has 1 unspecified atom stereocenters. The van der Waals surface area contributed by atoms with Crippen LogP contribution in [0.3, 0.4) is 0 Å². The Morgan fingerprint density at radius 1 is 1.02 bits per heavy atom. The summed E-state index contributed by atoms with van der Waals surface area (Å²) in [4.78, 5) is 70.9. The van der Waals surface area contributed by atoms with E-state index in [1.54, 1.807) is 43.6 Å². The average molecular weight is 604 g/mol. The molecule has 2 rings (SSSR count). The third-order valence-electron chi connectivity index (χ3n) is 7.86. The molecule has 1 aliphatic rings. The lowest BCUT2D eigenvalue weighted by molar-refractivity contribution is -0.143. The Hall–Kier alpha value is -3.51. The van der Waals surface area contributed by atoms with E-state index >= 15 is 0 Å². The van der Waals surface area contributed by atoms with Gasteiger partial charge in [-0.15, -0.1) is 0 Å².